The lowest BCUT2D eigenvalue weighted by molar-refractivity contribution is -0.155. The Kier molecular flexibility index (Phi) is 2.99. The van der Waals surface area contributed by atoms with E-state index in [-0.39, 0.29) is 12.4 Å². The molecule has 16 heavy (non-hydrogen) atoms. The number of ether oxygens (including phenoxy) is 1. The van der Waals surface area contributed by atoms with E-state index in [1.807, 2.05) is 0 Å². The Morgan fingerprint density at radius 2 is 2.19 bits per heavy atom. The molecule has 3 aliphatic rings. The maximum absolute atomic E-state index is 11.2. The highest BCUT2D eigenvalue weighted by Crippen LogP contribution is 2.62. The van der Waals surface area contributed by atoms with E-state index in [2.05, 4.69) is 18.6 Å². The van der Waals surface area contributed by atoms with Gasteiger partial charge in [-0.25, -0.2) is 0 Å². The second-order valence-electron chi connectivity index (χ2n) is 5.95. The van der Waals surface area contributed by atoms with Gasteiger partial charge in [0.25, 0.3) is 0 Å². The van der Waals surface area contributed by atoms with Crippen molar-refractivity contribution in [2.75, 3.05) is 7.11 Å². The van der Waals surface area contributed by atoms with E-state index in [1.54, 1.807) is 0 Å². The van der Waals surface area contributed by atoms with Crippen molar-refractivity contribution in [3.63, 3.8) is 0 Å². The summed E-state index contributed by atoms with van der Waals surface area (Å²) in [7, 11) is 1.37. The minimum atomic E-state index is -0.516. The molecule has 92 valence electrons. The number of carbonyl (C=O) groups is 1. The zero-order chi connectivity index (χ0) is 11.9. The van der Waals surface area contributed by atoms with Crippen LogP contribution in [0.15, 0.2) is 0 Å². The number of aliphatic hydroxyl groups excluding tert-OH is 1. The highest BCUT2D eigenvalue weighted by atomic mass is 16.5. The van der Waals surface area contributed by atoms with Crippen LogP contribution in [-0.4, -0.2) is 24.3 Å². The van der Waals surface area contributed by atoms with Crippen LogP contribution in [0.1, 0.15) is 39.5 Å². The zero-order valence-corrected chi connectivity index (χ0v) is 10.4. The largest absolute Gasteiger partial charge is 0.469 e. The average Bonchev–Trinajstić information content (AvgIpc) is 2.28. The van der Waals surface area contributed by atoms with Crippen LogP contribution in [-0.2, 0) is 9.53 Å². The molecular weight excluding hydrogens is 204 g/mol. The third-order valence-corrected chi connectivity index (χ3v) is 5.01. The third kappa shape index (κ3) is 1.75. The van der Waals surface area contributed by atoms with Gasteiger partial charge in [0.2, 0.25) is 0 Å². The zero-order valence-electron chi connectivity index (χ0n) is 10.4. The summed E-state index contributed by atoms with van der Waals surface area (Å²) in [5.41, 5.74) is 0.361. The van der Waals surface area contributed by atoms with Crippen molar-refractivity contribution in [2.24, 2.45) is 23.2 Å². The Balaban J connectivity index is 1.97. The van der Waals surface area contributed by atoms with Crippen molar-refractivity contribution < 1.29 is 14.6 Å². The van der Waals surface area contributed by atoms with Crippen molar-refractivity contribution in [3.05, 3.63) is 0 Å². The summed E-state index contributed by atoms with van der Waals surface area (Å²) in [4.78, 5) is 11.2. The molecule has 0 aromatic carbocycles. The fourth-order valence-corrected chi connectivity index (χ4v) is 3.73. The number of hydrogen-bond acceptors (Lipinski definition) is 3. The van der Waals surface area contributed by atoms with Gasteiger partial charge >= 0.3 is 5.97 Å². The van der Waals surface area contributed by atoms with E-state index >= 15 is 0 Å². The molecule has 3 heteroatoms. The van der Waals surface area contributed by atoms with E-state index in [4.69, 9.17) is 0 Å². The van der Waals surface area contributed by atoms with Gasteiger partial charge in [-0.15, -0.1) is 0 Å². The predicted molar refractivity (Wildman–Crippen MR) is 60.7 cm³/mol. The number of hydrogen-bond donors (Lipinski definition) is 1. The first-order chi connectivity index (χ1) is 7.46. The molecule has 1 unspecified atom stereocenters. The third-order valence-electron chi connectivity index (χ3n) is 5.01. The fourth-order valence-electron chi connectivity index (χ4n) is 3.73. The SMILES string of the molecule is COC(=O)C[C@H](O)C1CC[C@H]2C[C@@H]1C2(C)C. The van der Waals surface area contributed by atoms with Crippen LogP contribution < -0.4 is 0 Å². The molecule has 0 aromatic rings. The van der Waals surface area contributed by atoms with Crippen LogP contribution in [0.4, 0.5) is 0 Å². The summed E-state index contributed by atoms with van der Waals surface area (Å²) in [6.45, 7) is 4.59. The van der Waals surface area contributed by atoms with E-state index in [9.17, 15) is 9.90 Å². The maximum atomic E-state index is 11.2. The average molecular weight is 226 g/mol. The topological polar surface area (TPSA) is 46.5 Å². The van der Waals surface area contributed by atoms with E-state index < -0.39 is 6.10 Å². The lowest BCUT2D eigenvalue weighted by atomic mass is 9.45. The van der Waals surface area contributed by atoms with Gasteiger partial charge in [-0.3, -0.25) is 4.79 Å². The molecule has 0 heterocycles. The van der Waals surface area contributed by atoms with Gasteiger partial charge in [0.15, 0.2) is 0 Å². The monoisotopic (exact) mass is 226 g/mol. The van der Waals surface area contributed by atoms with Gasteiger partial charge in [0.05, 0.1) is 19.6 Å². The van der Waals surface area contributed by atoms with E-state index in [1.165, 1.54) is 20.0 Å². The van der Waals surface area contributed by atoms with Gasteiger partial charge in [-0.1, -0.05) is 13.8 Å². The molecule has 3 fully saturated rings. The first-order valence-corrected chi connectivity index (χ1v) is 6.21. The minimum absolute atomic E-state index is 0.151. The summed E-state index contributed by atoms with van der Waals surface area (Å²) in [5.74, 6) is 1.41. The Morgan fingerprint density at radius 3 is 2.69 bits per heavy atom. The number of carbonyl (C=O) groups excluding carboxylic acids is 1. The number of aliphatic hydroxyl groups is 1. The lowest BCUT2D eigenvalue weighted by Crippen LogP contribution is -2.55. The number of methoxy groups -OCH3 is 1. The smallest absolute Gasteiger partial charge is 0.308 e. The highest BCUT2D eigenvalue weighted by Gasteiger charge is 2.55. The van der Waals surface area contributed by atoms with Crippen molar-refractivity contribution in [3.8, 4) is 0 Å². The number of esters is 1. The van der Waals surface area contributed by atoms with Gasteiger partial charge in [0.1, 0.15) is 0 Å². The van der Waals surface area contributed by atoms with Crippen molar-refractivity contribution in [2.45, 2.75) is 45.6 Å². The lowest BCUT2D eigenvalue weighted by Gasteiger charge is -2.61. The summed E-state index contributed by atoms with van der Waals surface area (Å²) >= 11 is 0. The normalized spacial score (nSPS) is 37.4. The molecule has 3 rings (SSSR count). The first kappa shape index (κ1) is 11.9. The Bertz CT molecular complexity index is 283. The van der Waals surface area contributed by atoms with Crippen LogP contribution in [0, 0.1) is 23.2 Å². The van der Waals surface area contributed by atoms with Crippen LogP contribution in [0.2, 0.25) is 0 Å². The molecule has 1 N–H and O–H groups in total. The molecule has 0 saturated heterocycles. The highest BCUT2D eigenvalue weighted by molar-refractivity contribution is 5.69. The molecule has 4 atom stereocenters. The predicted octanol–water partition coefficient (Wildman–Crippen LogP) is 1.98. The summed E-state index contributed by atoms with van der Waals surface area (Å²) < 4.78 is 4.61. The fraction of sp³-hybridized carbons (Fsp3) is 0.923. The molecule has 0 aromatic heterocycles. The Labute approximate surface area is 97.2 Å². The van der Waals surface area contributed by atoms with E-state index in [0.29, 0.717) is 17.3 Å². The van der Waals surface area contributed by atoms with Crippen LogP contribution in [0.5, 0.6) is 0 Å². The second kappa shape index (κ2) is 4.02. The van der Waals surface area contributed by atoms with Gasteiger partial charge in [-0.2, -0.15) is 0 Å². The summed E-state index contributed by atoms with van der Waals surface area (Å²) in [6.07, 6.45) is 3.13. The quantitative estimate of drug-likeness (QED) is 0.748. The van der Waals surface area contributed by atoms with Crippen molar-refractivity contribution in [1.82, 2.24) is 0 Å². The van der Waals surface area contributed by atoms with Gasteiger partial charge in [-0.05, 0) is 42.4 Å². The molecule has 3 aliphatic carbocycles. The minimum Gasteiger partial charge on any atom is -0.469 e. The molecule has 0 aliphatic heterocycles. The first-order valence-electron chi connectivity index (χ1n) is 6.21. The number of fused-ring (bicyclic) bond motifs is 2. The van der Waals surface area contributed by atoms with Crippen molar-refractivity contribution >= 4 is 5.97 Å². The summed E-state index contributed by atoms with van der Waals surface area (Å²) in [6, 6.07) is 0. The Morgan fingerprint density at radius 1 is 1.50 bits per heavy atom. The van der Waals surface area contributed by atoms with Crippen molar-refractivity contribution in [1.29, 1.82) is 0 Å². The van der Waals surface area contributed by atoms with Gasteiger partial charge < -0.3 is 9.84 Å². The van der Waals surface area contributed by atoms with Gasteiger partial charge in [0, 0.05) is 0 Å². The van der Waals surface area contributed by atoms with Crippen LogP contribution >= 0.6 is 0 Å². The molecule has 2 bridgehead atoms. The van der Waals surface area contributed by atoms with E-state index in [0.717, 1.165) is 12.3 Å². The molecule has 0 amide bonds. The maximum Gasteiger partial charge on any atom is 0.308 e. The molecular formula is C13H22O3. The molecule has 3 nitrogen and oxygen atoms in total. The molecule has 3 saturated carbocycles. The van der Waals surface area contributed by atoms with Crippen LogP contribution in [0.3, 0.4) is 0 Å². The standard InChI is InChI=1S/C13H22O3/c1-13(2)8-4-5-9(10(13)6-8)11(14)7-12(15)16-3/h8-11,14H,4-7H2,1-3H3/t8-,9?,10-,11-/m0/s1. The van der Waals surface area contributed by atoms with Crippen LogP contribution in [0.25, 0.3) is 0 Å². The summed E-state index contributed by atoms with van der Waals surface area (Å²) in [5, 5.41) is 10.1. The Hall–Kier alpha value is -0.570. The molecule has 0 radical (unpaired) electrons. The second-order valence-corrected chi connectivity index (χ2v) is 5.95. The molecule has 0 spiro atoms. The number of rotatable bonds is 3.